The van der Waals surface area contributed by atoms with E-state index in [9.17, 15) is 14.0 Å². The normalized spacial score (nSPS) is 16.2. The molecule has 8 nitrogen and oxygen atoms in total. The lowest BCUT2D eigenvalue weighted by molar-refractivity contribution is -0.126. The first-order valence-corrected chi connectivity index (χ1v) is 9.23. The van der Waals surface area contributed by atoms with E-state index in [4.69, 9.17) is 0 Å². The molecule has 3 aromatic rings. The average Bonchev–Trinajstić information content (AvgIpc) is 3.36. The Kier molecular flexibility index (Phi) is 5.28. The zero-order chi connectivity index (χ0) is 20.2. The van der Waals surface area contributed by atoms with Crippen molar-refractivity contribution < 1.29 is 14.0 Å². The highest BCUT2D eigenvalue weighted by molar-refractivity contribution is 6.00. The van der Waals surface area contributed by atoms with Crippen molar-refractivity contribution >= 4 is 17.5 Å². The molecule has 0 radical (unpaired) electrons. The van der Waals surface area contributed by atoms with Crippen LogP contribution in [0.5, 0.6) is 0 Å². The van der Waals surface area contributed by atoms with E-state index in [-0.39, 0.29) is 30.6 Å². The van der Waals surface area contributed by atoms with Crippen LogP contribution >= 0.6 is 0 Å². The summed E-state index contributed by atoms with van der Waals surface area (Å²) in [5.74, 6) is -0.448. The lowest BCUT2D eigenvalue weighted by Crippen LogP contribution is -2.34. The van der Waals surface area contributed by atoms with E-state index in [2.05, 4.69) is 20.3 Å². The molecular weight excluding hydrogens is 375 g/mol. The summed E-state index contributed by atoms with van der Waals surface area (Å²) in [7, 11) is 0. The van der Waals surface area contributed by atoms with Gasteiger partial charge in [0.05, 0.1) is 12.1 Å². The second-order valence-electron chi connectivity index (χ2n) is 6.71. The predicted octanol–water partition coefficient (Wildman–Crippen LogP) is 1.65. The molecule has 0 saturated carbocycles. The maximum absolute atomic E-state index is 13.1. The van der Waals surface area contributed by atoms with Crippen LogP contribution in [0.2, 0.25) is 0 Å². The first-order valence-electron chi connectivity index (χ1n) is 9.23. The third-order valence-corrected chi connectivity index (χ3v) is 4.79. The number of hydrogen-bond acceptors (Lipinski definition) is 5. The molecule has 1 saturated heterocycles. The van der Waals surface area contributed by atoms with E-state index in [1.54, 1.807) is 36.9 Å². The summed E-state index contributed by atoms with van der Waals surface area (Å²) in [4.78, 5) is 38.9. The zero-order valence-electron chi connectivity index (χ0n) is 15.5. The molecule has 0 unspecified atom stereocenters. The second-order valence-corrected chi connectivity index (χ2v) is 6.71. The summed E-state index contributed by atoms with van der Waals surface area (Å²) in [5, 5.41) is 2.88. The first-order chi connectivity index (χ1) is 14.1. The number of imidazole rings is 1. The van der Waals surface area contributed by atoms with Crippen LogP contribution in [0, 0.1) is 11.7 Å². The minimum absolute atomic E-state index is 0.138. The summed E-state index contributed by atoms with van der Waals surface area (Å²) in [5.41, 5.74) is 1.25. The van der Waals surface area contributed by atoms with Crippen molar-refractivity contribution in [2.75, 3.05) is 18.0 Å². The standard InChI is InChI=1S/C20H19FN6O2/c21-15-1-3-16(4-2-15)27-13-14(11-18(27)28)20(29)25-8-10-26-9-7-24-19(26)17-12-22-5-6-23-17/h1-7,9,12,14H,8,10-11,13H2,(H,25,29)/t14-/m1/s1. The lowest BCUT2D eigenvalue weighted by Gasteiger charge is -2.16. The molecule has 9 heteroatoms. The fourth-order valence-corrected chi connectivity index (χ4v) is 3.34. The van der Waals surface area contributed by atoms with Gasteiger partial charge in [-0.15, -0.1) is 0 Å². The SMILES string of the molecule is O=C(NCCn1ccnc1-c1cnccn1)[C@@H]1CC(=O)N(c2ccc(F)cc2)C1. The Morgan fingerprint density at radius 3 is 2.76 bits per heavy atom. The number of nitrogens with one attached hydrogen (secondary N) is 1. The molecule has 1 N–H and O–H groups in total. The van der Waals surface area contributed by atoms with Crippen LogP contribution in [0.25, 0.3) is 11.5 Å². The molecule has 148 valence electrons. The Hall–Kier alpha value is -3.62. The van der Waals surface area contributed by atoms with Crippen LogP contribution in [0.3, 0.4) is 0 Å². The van der Waals surface area contributed by atoms with Crippen molar-refractivity contribution in [2.45, 2.75) is 13.0 Å². The van der Waals surface area contributed by atoms with Gasteiger partial charge in [0.2, 0.25) is 11.8 Å². The number of rotatable bonds is 6. The molecular formula is C20H19FN6O2. The minimum atomic E-state index is -0.435. The van der Waals surface area contributed by atoms with Gasteiger partial charge in [-0.05, 0) is 24.3 Å². The Labute approximate surface area is 166 Å². The summed E-state index contributed by atoms with van der Waals surface area (Å²) >= 11 is 0. The van der Waals surface area contributed by atoms with Gasteiger partial charge in [-0.1, -0.05) is 0 Å². The molecule has 2 amide bonds. The fourth-order valence-electron chi connectivity index (χ4n) is 3.34. The van der Waals surface area contributed by atoms with Gasteiger partial charge in [0.15, 0.2) is 5.82 Å². The number of hydrogen-bond donors (Lipinski definition) is 1. The van der Waals surface area contributed by atoms with Gasteiger partial charge < -0.3 is 14.8 Å². The molecule has 29 heavy (non-hydrogen) atoms. The third kappa shape index (κ3) is 4.13. The number of amides is 2. The van der Waals surface area contributed by atoms with Crippen LogP contribution in [0.1, 0.15) is 6.42 Å². The van der Waals surface area contributed by atoms with Crippen molar-refractivity contribution in [3.63, 3.8) is 0 Å². The van der Waals surface area contributed by atoms with Gasteiger partial charge in [0.1, 0.15) is 11.5 Å². The van der Waals surface area contributed by atoms with Crippen molar-refractivity contribution in [3.05, 3.63) is 61.1 Å². The molecule has 1 aliphatic heterocycles. The predicted molar refractivity (Wildman–Crippen MR) is 103 cm³/mol. The van der Waals surface area contributed by atoms with E-state index in [1.165, 1.54) is 17.0 Å². The quantitative estimate of drug-likeness (QED) is 0.686. The number of nitrogens with zero attached hydrogens (tertiary/aromatic N) is 5. The van der Waals surface area contributed by atoms with E-state index in [0.717, 1.165) is 0 Å². The first kappa shape index (κ1) is 18.7. The van der Waals surface area contributed by atoms with E-state index < -0.39 is 5.92 Å². The zero-order valence-corrected chi connectivity index (χ0v) is 15.5. The summed E-state index contributed by atoms with van der Waals surface area (Å²) in [6, 6.07) is 5.69. The molecule has 2 aromatic heterocycles. The van der Waals surface area contributed by atoms with Gasteiger partial charge >= 0.3 is 0 Å². The molecule has 1 atom stereocenters. The smallest absolute Gasteiger partial charge is 0.227 e. The van der Waals surface area contributed by atoms with Crippen LogP contribution in [-0.4, -0.2) is 44.4 Å². The van der Waals surface area contributed by atoms with Crippen LogP contribution in [0.15, 0.2) is 55.2 Å². The second kappa shape index (κ2) is 8.17. The molecule has 0 spiro atoms. The van der Waals surface area contributed by atoms with Crippen molar-refractivity contribution in [3.8, 4) is 11.5 Å². The molecule has 3 heterocycles. The molecule has 4 rings (SSSR count). The van der Waals surface area contributed by atoms with Crippen molar-refractivity contribution in [1.29, 1.82) is 0 Å². The van der Waals surface area contributed by atoms with E-state index in [0.29, 0.717) is 30.3 Å². The Balaban J connectivity index is 1.33. The highest BCUT2D eigenvalue weighted by Gasteiger charge is 2.34. The number of benzene rings is 1. The largest absolute Gasteiger partial charge is 0.354 e. The third-order valence-electron chi connectivity index (χ3n) is 4.79. The van der Waals surface area contributed by atoms with Gasteiger partial charge in [0.25, 0.3) is 0 Å². The molecule has 1 fully saturated rings. The van der Waals surface area contributed by atoms with Gasteiger partial charge in [0, 0.05) is 56.5 Å². The van der Waals surface area contributed by atoms with Crippen molar-refractivity contribution in [1.82, 2.24) is 24.8 Å². The van der Waals surface area contributed by atoms with Gasteiger partial charge in [-0.3, -0.25) is 14.6 Å². The molecule has 0 aliphatic carbocycles. The summed E-state index contributed by atoms with van der Waals surface area (Å²) in [6.07, 6.45) is 8.44. The Bertz CT molecular complexity index is 1010. The fraction of sp³-hybridized carbons (Fsp3) is 0.250. The number of carbonyl (C=O) groups excluding carboxylic acids is 2. The minimum Gasteiger partial charge on any atom is -0.354 e. The maximum Gasteiger partial charge on any atom is 0.227 e. The average molecular weight is 394 g/mol. The Morgan fingerprint density at radius 1 is 1.17 bits per heavy atom. The highest BCUT2D eigenvalue weighted by atomic mass is 19.1. The van der Waals surface area contributed by atoms with Crippen LogP contribution in [0.4, 0.5) is 10.1 Å². The van der Waals surface area contributed by atoms with Gasteiger partial charge in [-0.2, -0.15) is 0 Å². The lowest BCUT2D eigenvalue weighted by atomic mass is 10.1. The maximum atomic E-state index is 13.1. The van der Waals surface area contributed by atoms with E-state index in [1.807, 2.05) is 10.8 Å². The number of anilines is 1. The van der Waals surface area contributed by atoms with Gasteiger partial charge in [-0.25, -0.2) is 14.4 Å². The van der Waals surface area contributed by atoms with E-state index >= 15 is 0 Å². The topological polar surface area (TPSA) is 93.0 Å². The summed E-state index contributed by atoms with van der Waals surface area (Å²) < 4.78 is 15.0. The highest BCUT2D eigenvalue weighted by Crippen LogP contribution is 2.25. The van der Waals surface area contributed by atoms with Crippen LogP contribution in [-0.2, 0) is 16.1 Å². The molecule has 1 aliphatic rings. The van der Waals surface area contributed by atoms with Crippen LogP contribution < -0.4 is 10.2 Å². The monoisotopic (exact) mass is 394 g/mol. The Morgan fingerprint density at radius 2 is 2.00 bits per heavy atom. The van der Waals surface area contributed by atoms with Crippen molar-refractivity contribution in [2.24, 2.45) is 5.92 Å². The number of carbonyl (C=O) groups is 2. The summed E-state index contributed by atoms with van der Waals surface area (Å²) in [6.45, 7) is 1.19. The number of aromatic nitrogens is 4. The number of halogens is 1. The molecule has 0 bridgehead atoms. The molecule has 1 aromatic carbocycles.